The summed E-state index contributed by atoms with van der Waals surface area (Å²) in [5.41, 5.74) is 1.08. The number of sulfonamides is 1. The molecule has 0 radical (unpaired) electrons. The minimum atomic E-state index is -3.75. The summed E-state index contributed by atoms with van der Waals surface area (Å²) in [4.78, 5) is 28.4. The van der Waals surface area contributed by atoms with Gasteiger partial charge in [-0.2, -0.15) is 0 Å². The van der Waals surface area contributed by atoms with Gasteiger partial charge in [-0.05, 0) is 77.7 Å². The van der Waals surface area contributed by atoms with Crippen LogP contribution in [0.4, 0.5) is 5.69 Å². The van der Waals surface area contributed by atoms with Crippen molar-refractivity contribution in [1.82, 2.24) is 10.2 Å². The van der Waals surface area contributed by atoms with Crippen LogP contribution in [0.3, 0.4) is 0 Å². The standard InChI is InChI=1S/C25H31ClIN3O4S/c1-3-23(25(32)28-20-9-5-6-10-20)29(16-18-8-4-7-11-22(18)26)24(31)17-30(35(2,33)34)21-14-12-19(27)13-15-21/h4,7-8,11-15,20,23H,3,5-6,9-10,16-17H2,1-2H3,(H,28,32)/t23-/m0/s1. The molecule has 2 amide bonds. The number of benzene rings is 2. The molecular weight excluding hydrogens is 601 g/mol. The Labute approximate surface area is 226 Å². The molecule has 0 spiro atoms. The SMILES string of the molecule is CC[C@@H](C(=O)NC1CCCC1)N(Cc1ccccc1Cl)C(=O)CN(c1ccc(I)cc1)S(C)(=O)=O. The summed E-state index contributed by atoms with van der Waals surface area (Å²) in [6.45, 7) is 1.52. The highest BCUT2D eigenvalue weighted by molar-refractivity contribution is 14.1. The van der Waals surface area contributed by atoms with Gasteiger partial charge >= 0.3 is 0 Å². The fourth-order valence-corrected chi connectivity index (χ4v) is 5.72. The van der Waals surface area contributed by atoms with Crippen LogP contribution >= 0.6 is 34.2 Å². The van der Waals surface area contributed by atoms with Crippen molar-refractivity contribution < 1.29 is 18.0 Å². The molecular formula is C25H31ClIN3O4S. The van der Waals surface area contributed by atoms with Gasteiger partial charge in [-0.15, -0.1) is 0 Å². The van der Waals surface area contributed by atoms with Gasteiger partial charge in [0.1, 0.15) is 12.6 Å². The zero-order valence-electron chi connectivity index (χ0n) is 19.9. The van der Waals surface area contributed by atoms with E-state index in [9.17, 15) is 18.0 Å². The summed E-state index contributed by atoms with van der Waals surface area (Å²) in [6, 6.07) is 13.4. The van der Waals surface area contributed by atoms with E-state index in [0.29, 0.717) is 22.7 Å². The van der Waals surface area contributed by atoms with Crippen molar-refractivity contribution in [1.29, 1.82) is 0 Å². The molecule has 0 bridgehead atoms. The number of anilines is 1. The lowest BCUT2D eigenvalue weighted by Gasteiger charge is -2.33. The molecule has 0 saturated heterocycles. The van der Waals surface area contributed by atoms with Gasteiger partial charge in [0, 0.05) is 21.2 Å². The van der Waals surface area contributed by atoms with Crippen molar-refractivity contribution in [2.24, 2.45) is 0 Å². The molecule has 0 aromatic heterocycles. The summed E-state index contributed by atoms with van der Waals surface area (Å²) in [5.74, 6) is -0.692. The van der Waals surface area contributed by atoms with E-state index in [4.69, 9.17) is 11.6 Å². The number of halogens is 2. The Balaban J connectivity index is 1.92. The third-order valence-corrected chi connectivity index (χ3v) is 8.41. The highest BCUT2D eigenvalue weighted by atomic mass is 127. The number of carbonyl (C=O) groups is 2. The van der Waals surface area contributed by atoms with Crippen molar-refractivity contribution in [3.63, 3.8) is 0 Å². The smallest absolute Gasteiger partial charge is 0.244 e. The van der Waals surface area contributed by atoms with Gasteiger partial charge < -0.3 is 10.2 Å². The van der Waals surface area contributed by atoms with Crippen LogP contribution in [-0.4, -0.2) is 50.0 Å². The number of rotatable bonds is 10. The second-order valence-corrected chi connectivity index (χ2v) is 12.3. The molecule has 1 aliphatic rings. The molecule has 0 aliphatic heterocycles. The van der Waals surface area contributed by atoms with Gasteiger partial charge in [0.15, 0.2) is 0 Å². The summed E-state index contributed by atoms with van der Waals surface area (Å²) in [6.07, 6.45) is 5.45. The van der Waals surface area contributed by atoms with Crippen LogP contribution in [-0.2, 0) is 26.2 Å². The fourth-order valence-electron chi connectivity index (χ4n) is 4.32. The first-order valence-electron chi connectivity index (χ1n) is 11.7. The molecule has 0 heterocycles. The van der Waals surface area contributed by atoms with Crippen LogP contribution < -0.4 is 9.62 Å². The monoisotopic (exact) mass is 631 g/mol. The van der Waals surface area contributed by atoms with E-state index >= 15 is 0 Å². The average Bonchev–Trinajstić information content (AvgIpc) is 3.31. The summed E-state index contributed by atoms with van der Waals surface area (Å²) in [7, 11) is -3.75. The highest BCUT2D eigenvalue weighted by Gasteiger charge is 2.33. The molecule has 3 rings (SSSR count). The average molecular weight is 632 g/mol. The molecule has 1 N–H and O–H groups in total. The van der Waals surface area contributed by atoms with Crippen LogP contribution in [0.15, 0.2) is 48.5 Å². The zero-order valence-corrected chi connectivity index (χ0v) is 23.6. The fraction of sp³-hybridized carbons (Fsp3) is 0.440. The molecule has 2 aromatic carbocycles. The maximum absolute atomic E-state index is 13.7. The maximum Gasteiger partial charge on any atom is 0.244 e. The van der Waals surface area contributed by atoms with Crippen LogP contribution in [0, 0.1) is 3.57 Å². The molecule has 1 saturated carbocycles. The number of hydrogen-bond acceptors (Lipinski definition) is 4. The summed E-state index contributed by atoms with van der Waals surface area (Å²) in [5, 5.41) is 3.57. The second-order valence-electron chi connectivity index (χ2n) is 8.77. The van der Waals surface area contributed by atoms with E-state index in [1.54, 1.807) is 42.5 Å². The van der Waals surface area contributed by atoms with Crippen molar-refractivity contribution >= 4 is 61.7 Å². The Morgan fingerprint density at radius 3 is 2.31 bits per heavy atom. The molecule has 1 fully saturated rings. The molecule has 35 heavy (non-hydrogen) atoms. The Hall–Kier alpha value is -1.85. The summed E-state index contributed by atoms with van der Waals surface area (Å²) < 4.78 is 27.3. The lowest BCUT2D eigenvalue weighted by atomic mass is 10.1. The molecule has 0 unspecified atom stereocenters. The first-order chi connectivity index (χ1) is 16.6. The Kier molecular flexibility index (Phi) is 9.83. The van der Waals surface area contributed by atoms with Gasteiger partial charge in [-0.1, -0.05) is 49.6 Å². The number of amides is 2. The summed E-state index contributed by atoms with van der Waals surface area (Å²) >= 11 is 8.51. The number of hydrogen-bond donors (Lipinski definition) is 1. The van der Waals surface area contributed by atoms with E-state index in [2.05, 4.69) is 27.9 Å². The molecule has 7 nitrogen and oxygen atoms in total. The third-order valence-electron chi connectivity index (χ3n) is 6.18. The van der Waals surface area contributed by atoms with E-state index in [0.717, 1.165) is 39.8 Å². The minimum Gasteiger partial charge on any atom is -0.352 e. The van der Waals surface area contributed by atoms with Crippen molar-refractivity contribution in [2.75, 3.05) is 17.1 Å². The number of nitrogens with zero attached hydrogens (tertiary/aromatic N) is 2. The Morgan fingerprint density at radius 2 is 1.74 bits per heavy atom. The largest absolute Gasteiger partial charge is 0.352 e. The van der Waals surface area contributed by atoms with E-state index < -0.39 is 28.5 Å². The molecule has 10 heteroatoms. The van der Waals surface area contributed by atoms with Crippen LogP contribution in [0.5, 0.6) is 0 Å². The third kappa shape index (κ3) is 7.57. The lowest BCUT2D eigenvalue weighted by Crippen LogP contribution is -2.53. The minimum absolute atomic E-state index is 0.0966. The maximum atomic E-state index is 13.7. The van der Waals surface area contributed by atoms with Crippen LogP contribution in [0.2, 0.25) is 5.02 Å². The molecule has 1 atom stereocenters. The second kappa shape index (κ2) is 12.4. The van der Waals surface area contributed by atoms with E-state index in [1.807, 2.05) is 13.0 Å². The zero-order chi connectivity index (χ0) is 25.6. The topological polar surface area (TPSA) is 86.8 Å². The van der Waals surface area contributed by atoms with Gasteiger partial charge in [-0.25, -0.2) is 8.42 Å². The molecule has 1 aliphatic carbocycles. The van der Waals surface area contributed by atoms with Crippen molar-refractivity contribution in [3.8, 4) is 0 Å². The van der Waals surface area contributed by atoms with Gasteiger partial charge in [0.2, 0.25) is 21.8 Å². The Morgan fingerprint density at radius 1 is 1.11 bits per heavy atom. The van der Waals surface area contributed by atoms with E-state index in [1.165, 1.54) is 4.90 Å². The van der Waals surface area contributed by atoms with Gasteiger partial charge in [-0.3, -0.25) is 13.9 Å². The van der Waals surface area contributed by atoms with E-state index in [-0.39, 0.29) is 18.5 Å². The number of nitrogens with one attached hydrogen (secondary N) is 1. The predicted octanol–water partition coefficient (Wildman–Crippen LogP) is 4.58. The van der Waals surface area contributed by atoms with Crippen LogP contribution in [0.25, 0.3) is 0 Å². The first kappa shape index (κ1) is 27.7. The highest BCUT2D eigenvalue weighted by Crippen LogP contribution is 2.24. The quantitative estimate of drug-likeness (QED) is 0.389. The normalized spacial score (nSPS) is 15.0. The van der Waals surface area contributed by atoms with Crippen LogP contribution in [0.1, 0.15) is 44.6 Å². The molecule has 2 aromatic rings. The van der Waals surface area contributed by atoms with Crippen molar-refractivity contribution in [2.45, 2.75) is 57.7 Å². The Bertz CT molecular complexity index is 1140. The first-order valence-corrected chi connectivity index (χ1v) is 15.0. The van der Waals surface area contributed by atoms with Gasteiger partial charge in [0.25, 0.3) is 0 Å². The number of carbonyl (C=O) groups excluding carboxylic acids is 2. The predicted molar refractivity (Wildman–Crippen MR) is 148 cm³/mol. The lowest BCUT2D eigenvalue weighted by molar-refractivity contribution is -0.140. The van der Waals surface area contributed by atoms with Crippen molar-refractivity contribution in [3.05, 3.63) is 62.7 Å². The van der Waals surface area contributed by atoms with Gasteiger partial charge in [0.05, 0.1) is 11.9 Å². The molecule has 190 valence electrons.